The first-order chi connectivity index (χ1) is 14.5. The second kappa shape index (κ2) is 9.03. The van der Waals surface area contributed by atoms with Crippen molar-refractivity contribution in [1.82, 2.24) is 5.32 Å². The van der Waals surface area contributed by atoms with Gasteiger partial charge in [0.2, 0.25) is 5.91 Å². The molecule has 164 valence electrons. The van der Waals surface area contributed by atoms with Crippen molar-refractivity contribution in [3.8, 4) is 11.5 Å². The Labute approximate surface area is 180 Å². The highest BCUT2D eigenvalue weighted by Gasteiger charge is 2.50. The molecule has 1 aromatic rings. The van der Waals surface area contributed by atoms with E-state index < -0.39 is 24.2 Å². The lowest BCUT2D eigenvalue weighted by molar-refractivity contribution is -0.130. The Morgan fingerprint density at radius 1 is 1.13 bits per heavy atom. The smallest absolute Gasteiger partial charge is 0.224 e. The highest BCUT2D eigenvalue weighted by molar-refractivity contribution is 8.15. The number of hydrogen-bond donors (Lipinski definition) is 4. The van der Waals surface area contributed by atoms with Gasteiger partial charge in [0.15, 0.2) is 5.17 Å². The predicted octanol–water partition coefficient (Wildman–Crippen LogP) is 1.76. The fourth-order valence-electron chi connectivity index (χ4n) is 4.49. The minimum Gasteiger partial charge on any atom is -0.497 e. The van der Waals surface area contributed by atoms with Crippen molar-refractivity contribution in [2.45, 2.75) is 61.6 Å². The molecule has 9 heteroatoms. The van der Waals surface area contributed by atoms with E-state index in [1.807, 2.05) is 12.1 Å². The largest absolute Gasteiger partial charge is 0.497 e. The summed E-state index contributed by atoms with van der Waals surface area (Å²) in [5.74, 6) is 0.834. The zero-order chi connectivity index (χ0) is 21.3. The number of methoxy groups -OCH3 is 2. The van der Waals surface area contributed by atoms with E-state index in [-0.39, 0.29) is 23.6 Å². The average Bonchev–Trinajstić information content (AvgIpc) is 3.40. The molecule has 0 radical (unpaired) electrons. The standard InChI is InChI=1S/C21H29N3O5S/c1-28-13-7-12(8-14(9-13)29-2)23-21-24-17-18(26)16(25)10-15(19(17)30-21)20(27)22-11-5-3-4-6-11/h7-9,11,15-19,25-26H,3-6,10H2,1-2H3,(H,22,27)(H,23,24). The van der Waals surface area contributed by atoms with E-state index in [9.17, 15) is 15.0 Å². The van der Waals surface area contributed by atoms with E-state index >= 15 is 0 Å². The third-order valence-electron chi connectivity index (χ3n) is 6.13. The van der Waals surface area contributed by atoms with Gasteiger partial charge >= 0.3 is 0 Å². The van der Waals surface area contributed by atoms with Crippen molar-refractivity contribution < 1.29 is 24.5 Å². The van der Waals surface area contributed by atoms with Crippen LogP contribution in [0.15, 0.2) is 23.2 Å². The summed E-state index contributed by atoms with van der Waals surface area (Å²) in [7, 11) is 3.17. The molecule has 8 nitrogen and oxygen atoms in total. The first-order valence-corrected chi connectivity index (χ1v) is 11.3. The lowest BCUT2D eigenvalue weighted by Crippen LogP contribution is -2.54. The highest BCUT2D eigenvalue weighted by atomic mass is 32.2. The SMILES string of the molecule is COc1cc(NC2=NC3C(O)C(O)CC(C(=O)NC4CCCC4)C3S2)cc(OC)c1. The summed E-state index contributed by atoms with van der Waals surface area (Å²) < 4.78 is 10.6. The average molecular weight is 436 g/mol. The third kappa shape index (κ3) is 4.38. The number of benzene rings is 1. The highest BCUT2D eigenvalue weighted by Crippen LogP contribution is 2.42. The summed E-state index contributed by atoms with van der Waals surface area (Å²) in [4.78, 5) is 17.6. The molecule has 0 bridgehead atoms. The van der Waals surface area contributed by atoms with Crippen molar-refractivity contribution >= 4 is 28.5 Å². The Morgan fingerprint density at radius 2 is 1.80 bits per heavy atom. The van der Waals surface area contributed by atoms with Crippen LogP contribution in [0.3, 0.4) is 0 Å². The van der Waals surface area contributed by atoms with Crippen LogP contribution in [0, 0.1) is 5.92 Å². The summed E-state index contributed by atoms with van der Waals surface area (Å²) in [5, 5.41) is 27.6. The fourth-order valence-corrected chi connectivity index (χ4v) is 5.87. The topological polar surface area (TPSA) is 112 Å². The summed E-state index contributed by atoms with van der Waals surface area (Å²) in [6.45, 7) is 0. The number of carbonyl (C=O) groups excluding carboxylic acids is 1. The molecule has 30 heavy (non-hydrogen) atoms. The number of rotatable bonds is 5. The Balaban J connectivity index is 1.49. The molecule has 0 spiro atoms. The number of amidine groups is 1. The van der Waals surface area contributed by atoms with E-state index in [0.717, 1.165) is 31.4 Å². The van der Waals surface area contributed by atoms with Gasteiger partial charge in [0.05, 0.1) is 32.3 Å². The van der Waals surface area contributed by atoms with E-state index in [1.165, 1.54) is 11.8 Å². The maximum Gasteiger partial charge on any atom is 0.224 e. The Hall–Kier alpha value is -1.97. The molecule has 1 heterocycles. The molecule has 4 rings (SSSR count). The van der Waals surface area contributed by atoms with Crippen LogP contribution in [0.5, 0.6) is 11.5 Å². The summed E-state index contributed by atoms with van der Waals surface area (Å²) in [6.07, 6.45) is 2.57. The van der Waals surface area contributed by atoms with Gasteiger partial charge in [0.1, 0.15) is 17.6 Å². The molecule has 2 aliphatic carbocycles. The van der Waals surface area contributed by atoms with Gasteiger partial charge in [-0.2, -0.15) is 0 Å². The zero-order valence-corrected chi connectivity index (χ0v) is 18.0. The second-order valence-electron chi connectivity index (χ2n) is 8.12. The normalized spacial score (nSPS) is 31.1. The number of anilines is 1. The lowest BCUT2D eigenvalue weighted by atomic mass is 9.81. The van der Waals surface area contributed by atoms with Crippen molar-refractivity contribution in [1.29, 1.82) is 0 Å². The maximum absolute atomic E-state index is 13.0. The number of thioether (sulfide) groups is 1. The zero-order valence-electron chi connectivity index (χ0n) is 17.2. The molecule has 1 aromatic carbocycles. The fraction of sp³-hybridized carbons (Fsp3) is 0.619. The van der Waals surface area contributed by atoms with Gasteiger partial charge in [0, 0.05) is 35.2 Å². The number of nitrogens with one attached hydrogen (secondary N) is 2. The number of ether oxygens (including phenoxy) is 2. The number of nitrogens with zero attached hydrogens (tertiary/aromatic N) is 1. The lowest BCUT2D eigenvalue weighted by Gasteiger charge is -2.37. The van der Waals surface area contributed by atoms with Gasteiger partial charge < -0.3 is 30.3 Å². The van der Waals surface area contributed by atoms with Gasteiger partial charge in [-0.15, -0.1) is 0 Å². The number of hydrogen-bond acceptors (Lipinski definition) is 8. The van der Waals surface area contributed by atoms with Crippen molar-refractivity contribution in [3.63, 3.8) is 0 Å². The Kier molecular flexibility index (Phi) is 6.40. The van der Waals surface area contributed by atoms with Crippen LogP contribution < -0.4 is 20.1 Å². The van der Waals surface area contributed by atoms with E-state index in [4.69, 9.17) is 9.47 Å². The van der Waals surface area contributed by atoms with Crippen LogP contribution in [0.1, 0.15) is 32.1 Å². The molecule has 5 atom stereocenters. The predicted molar refractivity (Wildman–Crippen MR) is 116 cm³/mol. The number of carbonyl (C=O) groups is 1. The molecular weight excluding hydrogens is 406 g/mol. The molecule has 3 aliphatic rings. The molecule has 1 amide bonds. The Bertz CT molecular complexity index is 792. The van der Waals surface area contributed by atoms with Crippen LogP contribution >= 0.6 is 11.8 Å². The van der Waals surface area contributed by atoms with Crippen LogP contribution in [0.25, 0.3) is 0 Å². The third-order valence-corrected chi connectivity index (χ3v) is 7.44. The number of aliphatic hydroxyl groups is 2. The molecule has 5 unspecified atom stereocenters. The Morgan fingerprint density at radius 3 is 2.43 bits per heavy atom. The van der Waals surface area contributed by atoms with E-state index in [1.54, 1.807) is 20.3 Å². The first kappa shape index (κ1) is 21.3. The molecule has 4 N–H and O–H groups in total. The number of amides is 1. The minimum atomic E-state index is -0.989. The molecule has 0 saturated heterocycles. The summed E-state index contributed by atoms with van der Waals surface area (Å²) in [5.41, 5.74) is 0.734. The van der Waals surface area contributed by atoms with Crippen molar-refractivity contribution in [3.05, 3.63) is 18.2 Å². The second-order valence-corrected chi connectivity index (χ2v) is 9.29. The summed E-state index contributed by atoms with van der Waals surface area (Å²) >= 11 is 1.44. The number of fused-ring (bicyclic) bond motifs is 1. The quantitative estimate of drug-likeness (QED) is 0.557. The van der Waals surface area contributed by atoms with Gasteiger partial charge in [-0.25, -0.2) is 0 Å². The molecule has 1 aliphatic heterocycles. The van der Waals surface area contributed by atoms with Crippen LogP contribution in [0.2, 0.25) is 0 Å². The monoisotopic (exact) mass is 435 g/mol. The van der Waals surface area contributed by atoms with Gasteiger partial charge in [-0.1, -0.05) is 24.6 Å². The molecule has 2 fully saturated rings. The number of aliphatic hydroxyl groups excluding tert-OH is 2. The van der Waals surface area contributed by atoms with Crippen molar-refractivity contribution in [2.24, 2.45) is 10.9 Å². The maximum atomic E-state index is 13.0. The molecule has 0 aromatic heterocycles. The van der Waals surface area contributed by atoms with E-state index in [0.29, 0.717) is 16.7 Å². The van der Waals surface area contributed by atoms with Gasteiger partial charge in [0.25, 0.3) is 0 Å². The van der Waals surface area contributed by atoms with Crippen LogP contribution in [-0.4, -0.2) is 65.0 Å². The first-order valence-electron chi connectivity index (χ1n) is 10.4. The summed E-state index contributed by atoms with van der Waals surface area (Å²) in [6, 6.07) is 5.10. The van der Waals surface area contributed by atoms with Gasteiger partial charge in [-0.05, 0) is 19.3 Å². The van der Waals surface area contributed by atoms with Crippen LogP contribution in [0.4, 0.5) is 5.69 Å². The minimum absolute atomic E-state index is 0.0464. The van der Waals surface area contributed by atoms with Crippen LogP contribution in [-0.2, 0) is 4.79 Å². The number of aliphatic imine (C=N–C) groups is 1. The molecule has 2 saturated carbocycles. The van der Waals surface area contributed by atoms with Crippen molar-refractivity contribution in [2.75, 3.05) is 19.5 Å². The van der Waals surface area contributed by atoms with Gasteiger partial charge in [-0.3, -0.25) is 9.79 Å². The van der Waals surface area contributed by atoms with E-state index in [2.05, 4.69) is 15.6 Å². The molecular formula is C21H29N3O5S.